The molecule has 0 fully saturated rings. The van der Waals surface area contributed by atoms with Crippen molar-refractivity contribution in [1.82, 2.24) is 0 Å². The summed E-state index contributed by atoms with van der Waals surface area (Å²) >= 11 is 0. The van der Waals surface area contributed by atoms with Crippen molar-refractivity contribution in [3.8, 4) is 11.1 Å². The molecule has 1 heterocycles. The fourth-order valence-electron chi connectivity index (χ4n) is 2.50. The topological polar surface area (TPSA) is 13.1 Å². The predicted molar refractivity (Wildman–Crippen MR) is 78.4 cm³/mol. The van der Waals surface area contributed by atoms with E-state index in [1.165, 1.54) is 35.6 Å². The zero-order valence-electron chi connectivity index (χ0n) is 10.8. The van der Waals surface area contributed by atoms with Crippen LogP contribution in [0.2, 0.25) is 0 Å². The number of aryl methyl sites for hydroxylation is 3. The van der Waals surface area contributed by atoms with E-state index in [9.17, 15) is 0 Å². The smallest absolute Gasteiger partial charge is 0.161 e. The van der Waals surface area contributed by atoms with E-state index in [-0.39, 0.29) is 0 Å². The highest BCUT2D eigenvalue weighted by Gasteiger charge is 2.12. The van der Waals surface area contributed by atoms with Crippen molar-refractivity contribution in [3.05, 3.63) is 53.1 Å². The van der Waals surface area contributed by atoms with Crippen LogP contribution in [0.1, 0.15) is 16.7 Å². The van der Waals surface area contributed by atoms with Crippen LogP contribution in [0.5, 0.6) is 0 Å². The summed E-state index contributed by atoms with van der Waals surface area (Å²) in [7, 11) is 1.18. The largest absolute Gasteiger partial charge is 0.451 e. The summed E-state index contributed by atoms with van der Waals surface area (Å²) in [6, 6.07) is 12.7. The van der Waals surface area contributed by atoms with E-state index < -0.39 is 0 Å². The van der Waals surface area contributed by atoms with Crippen molar-refractivity contribution >= 4 is 18.9 Å². The highest BCUT2D eigenvalue weighted by atomic mass is 31.0. The number of hydrogen-bond acceptors (Lipinski definition) is 1. The van der Waals surface area contributed by atoms with Gasteiger partial charge in [0.2, 0.25) is 0 Å². The number of rotatable bonds is 1. The van der Waals surface area contributed by atoms with Crippen LogP contribution in [0.4, 0.5) is 0 Å². The Morgan fingerprint density at radius 3 is 2.28 bits per heavy atom. The molecule has 1 nitrogen and oxygen atoms in total. The molecule has 0 radical (unpaired) electrons. The van der Waals surface area contributed by atoms with Crippen LogP contribution in [-0.2, 0) is 0 Å². The molecule has 90 valence electrons. The van der Waals surface area contributed by atoms with Crippen molar-refractivity contribution in [1.29, 1.82) is 0 Å². The summed E-state index contributed by atoms with van der Waals surface area (Å²) in [5.74, 6) is 0. The lowest BCUT2D eigenvalue weighted by Crippen LogP contribution is -1.87. The highest BCUT2D eigenvalue weighted by Crippen LogP contribution is 2.40. The first-order valence-corrected chi connectivity index (χ1v) is 6.98. The average Bonchev–Trinajstić information content (AvgIpc) is 2.70. The van der Waals surface area contributed by atoms with Crippen LogP contribution in [0.3, 0.4) is 0 Å². The van der Waals surface area contributed by atoms with Crippen LogP contribution in [-0.4, -0.2) is 0 Å². The molecule has 0 unspecified atom stereocenters. The molecule has 2 heteroatoms. The molecule has 0 amide bonds. The Bertz CT molecular complexity index is 669. The first-order valence-electron chi connectivity index (χ1n) is 6.09. The van der Waals surface area contributed by atoms with Crippen LogP contribution < -0.4 is 0 Å². The van der Waals surface area contributed by atoms with Gasteiger partial charge in [-0.25, -0.2) is 0 Å². The summed E-state index contributed by atoms with van der Waals surface area (Å²) in [4.78, 5) is 0. The van der Waals surface area contributed by atoms with Crippen molar-refractivity contribution in [2.24, 2.45) is 0 Å². The van der Waals surface area contributed by atoms with E-state index >= 15 is 0 Å². The summed E-state index contributed by atoms with van der Waals surface area (Å²) in [5, 5.41) is 1.26. The Balaban J connectivity index is 2.26. The molecule has 0 aliphatic carbocycles. The lowest BCUT2D eigenvalue weighted by molar-refractivity contribution is 0.638. The molecular weight excluding hydrogens is 239 g/mol. The molecule has 3 rings (SSSR count). The molecule has 0 aliphatic rings. The van der Waals surface area contributed by atoms with Gasteiger partial charge < -0.3 is 4.42 Å². The number of fused-ring (bicyclic) bond motifs is 1. The molecule has 18 heavy (non-hydrogen) atoms. The molecule has 0 N–H and O–H groups in total. The molecule has 0 atom stereocenters. The SMILES string of the molecule is Cc1cc(C)c(-c2oc3ccccc3p2)c(C)c1. The van der Waals surface area contributed by atoms with Crippen LogP contribution >= 0.6 is 8.19 Å². The minimum atomic E-state index is 0.994. The lowest BCUT2D eigenvalue weighted by atomic mass is 10.0. The Labute approximate surface area is 109 Å². The van der Waals surface area contributed by atoms with Gasteiger partial charge in [-0.15, -0.1) is 0 Å². The lowest BCUT2D eigenvalue weighted by Gasteiger charge is -2.07. The third-order valence-electron chi connectivity index (χ3n) is 3.18. The molecule has 3 aromatic rings. The fraction of sp³-hybridized carbons (Fsp3) is 0.188. The molecule has 0 saturated carbocycles. The monoisotopic (exact) mass is 254 g/mol. The highest BCUT2D eigenvalue weighted by molar-refractivity contribution is 7.40. The summed E-state index contributed by atoms with van der Waals surface area (Å²) in [5.41, 5.74) is 7.21. The third kappa shape index (κ3) is 1.85. The summed E-state index contributed by atoms with van der Waals surface area (Å²) in [6.45, 7) is 6.45. The summed E-state index contributed by atoms with van der Waals surface area (Å²) in [6.07, 6.45) is 0. The van der Waals surface area contributed by atoms with E-state index in [0.717, 1.165) is 11.1 Å². The van der Waals surface area contributed by atoms with Gasteiger partial charge >= 0.3 is 0 Å². The zero-order chi connectivity index (χ0) is 12.7. The van der Waals surface area contributed by atoms with E-state index in [4.69, 9.17) is 4.42 Å². The minimum absolute atomic E-state index is 0.994. The Hall–Kier alpha value is -1.59. The summed E-state index contributed by atoms with van der Waals surface area (Å²) < 4.78 is 6.00. The Kier molecular flexibility index (Phi) is 2.72. The van der Waals surface area contributed by atoms with Gasteiger partial charge in [0.15, 0.2) is 5.49 Å². The fourth-order valence-corrected chi connectivity index (χ4v) is 3.71. The predicted octanol–water partition coefficient (Wildman–Crippen LogP) is 5.61. The van der Waals surface area contributed by atoms with E-state index in [2.05, 4.69) is 45.0 Å². The van der Waals surface area contributed by atoms with Gasteiger partial charge in [-0.3, -0.25) is 0 Å². The van der Waals surface area contributed by atoms with Gasteiger partial charge in [0.05, 0.1) is 0 Å². The second-order valence-electron chi connectivity index (χ2n) is 4.76. The maximum absolute atomic E-state index is 6.00. The van der Waals surface area contributed by atoms with Gasteiger partial charge in [0.25, 0.3) is 0 Å². The quantitative estimate of drug-likeness (QED) is 0.550. The van der Waals surface area contributed by atoms with E-state index in [1.807, 2.05) is 12.1 Å². The van der Waals surface area contributed by atoms with Gasteiger partial charge in [-0.05, 0) is 52.2 Å². The van der Waals surface area contributed by atoms with Gasteiger partial charge in [-0.2, -0.15) is 0 Å². The molecule has 0 aliphatic heterocycles. The normalized spacial score (nSPS) is 11.5. The Morgan fingerprint density at radius 1 is 0.944 bits per heavy atom. The second kappa shape index (κ2) is 4.26. The molecule has 2 aromatic carbocycles. The minimum Gasteiger partial charge on any atom is -0.451 e. The van der Waals surface area contributed by atoms with Crippen molar-refractivity contribution in [3.63, 3.8) is 0 Å². The van der Waals surface area contributed by atoms with Crippen molar-refractivity contribution in [2.75, 3.05) is 0 Å². The maximum Gasteiger partial charge on any atom is 0.161 e. The van der Waals surface area contributed by atoms with Gasteiger partial charge in [-0.1, -0.05) is 29.8 Å². The standard InChI is InChI=1S/C16H15OP/c1-10-8-11(2)15(12(3)9-10)16-17-13-6-4-5-7-14(13)18-16/h4-9H,1-3H3. The number of para-hydroxylation sites is 1. The van der Waals surface area contributed by atoms with Gasteiger partial charge in [0.1, 0.15) is 5.58 Å². The van der Waals surface area contributed by atoms with Crippen LogP contribution in [0, 0.1) is 20.8 Å². The number of benzene rings is 2. The molecule has 0 saturated heterocycles. The molecule has 0 spiro atoms. The second-order valence-corrected chi connectivity index (χ2v) is 5.87. The van der Waals surface area contributed by atoms with Crippen LogP contribution in [0.25, 0.3) is 21.8 Å². The van der Waals surface area contributed by atoms with Crippen molar-refractivity contribution < 1.29 is 4.42 Å². The third-order valence-corrected chi connectivity index (χ3v) is 4.31. The van der Waals surface area contributed by atoms with Gasteiger partial charge in [0, 0.05) is 10.7 Å². The zero-order valence-corrected chi connectivity index (χ0v) is 11.7. The first-order chi connectivity index (χ1) is 8.65. The first kappa shape index (κ1) is 11.5. The molecule has 1 aromatic heterocycles. The maximum atomic E-state index is 6.00. The number of hydrogen-bond donors (Lipinski definition) is 0. The average molecular weight is 254 g/mol. The molecular formula is C16H15OP. The van der Waals surface area contributed by atoms with E-state index in [0.29, 0.717) is 0 Å². The molecule has 0 bridgehead atoms. The Morgan fingerprint density at radius 2 is 1.61 bits per heavy atom. The van der Waals surface area contributed by atoms with Crippen molar-refractivity contribution in [2.45, 2.75) is 20.8 Å². The van der Waals surface area contributed by atoms with E-state index in [1.54, 1.807) is 0 Å². The van der Waals surface area contributed by atoms with Crippen LogP contribution in [0.15, 0.2) is 40.8 Å².